The van der Waals surface area contributed by atoms with Gasteiger partial charge < -0.3 is 14.8 Å². The Labute approximate surface area is 153 Å². The van der Waals surface area contributed by atoms with Gasteiger partial charge in [0.05, 0.1) is 25.8 Å². The summed E-state index contributed by atoms with van der Waals surface area (Å²) in [6.45, 7) is 3.82. The van der Waals surface area contributed by atoms with Gasteiger partial charge in [-0.2, -0.15) is 0 Å². The molecule has 0 aliphatic heterocycles. The highest BCUT2D eigenvalue weighted by molar-refractivity contribution is 5.96. The third kappa shape index (κ3) is 3.29. The van der Waals surface area contributed by atoms with Gasteiger partial charge >= 0.3 is 5.97 Å². The lowest BCUT2D eigenvalue weighted by Gasteiger charge is -2.17. The molecule has 0 saturated carbocycles. The number of esters is 1. The summed E-state index contributed by atoms with van der Waals surface area (Å²) in [5.41, 5.74) is 5.08. The molecule has 0 aromatic heterocycles. The molecule has 5 nitrogen and oxygen atoms in total. The minimum atomic E-state index is -0.369. The molecular weight excluding hydrogens is 330 g/mol. The first-order chi connectivity index (χ1) is 12.4. The van der Waals surface area contributed by atoms with E-state index in [2.05, 4.69) is 5.32 Å². The summed E-state index contributed by atoms with van der Waals surface area (Å²) in [5.74, 6) is 0.286. The Kier molecular flexibility index (Phi) is 4.98. The molecule has 0 spiro atoms. The average Bonchev–Trinajstić information content (AvgIpc) is 3.04. The van der Waals surface area contributed by atoms with Crippen LogP contribution in [0.2, 0.25) is 0 Å². The smallest absolute Gasteiger partial charge is 0.337 e. The van der Waals surface area contributed by atoms with Gasteiger partial charge in [0.15, 0.2) is 0 Å². The van der Waals surface area contributed by atoms with Crippen LogP contribution in [-0.2, 0) is 11.2 Å². The van der Waals surface area contributed by atoms with Crippen molar-refractivity contribution in [1.82, 2.24) is 5.32 Å². The molecular formula is C21H23NO4. The molecule has 0 unspecified atom stereocenters. The minimum Gasteiger partial charge on any atom is -0.496 e. The number of fused-ring (bicyclic) bond motifs is 1. The number of nitrogens with one attached hydrogen (secondary N) is 1. The fourth-order valence-electron chi connectivity index (χ4n) is 3.49. The first-order valence-corrected chi connectivity index (χ1v) is 8.61. The maximum absolute atomic E-state index is 12.8. The normalized spacial score (nSPS) is 15.3. The van der Waals surface area contributed by atoms with Gasteiger partial charge in [-0.1, -0.05) is 6.07 Å². The Morgan fingerprint density at radius 3 is 2.54 bits per heavy atom. The van der Waals surface area contributed by atoms with E-state index in [4.69, 9.17) is 9.47 Å². The summed E-state index contributed by atoms with van der Waals surface area (Å²) in [4.78, 5) is 24.6. The van der Waals surface area contributed by atoms with Crippen molar-refractivity contribution in [3.8, 4) is 5.75 Å². The summed E-state index contributed by atoms with van der Waals surface area (Å²) in [6.07, 6.45) is 1.70. The van der Waals surface area contributed by atoms with Crippen LogP contribution in [-0.4, -0.2) is 26.1 Å². The topological polar surface area (TPSA) is 64.6 Å². The van der Waals surface area contributed by atoms with Gasteiger partial charge in [-0.05, 0) is 73.2 Å². The van der Waals surface area contributed by atoms with Crippen molar-refractivity contribution >= 4 is 11.9 Å². The SMILES string of the molecule is COC(=O)c1ccc2c(c1)[C@H](NC(=O)c1cc(C)c(OC)cc1C)CC2. The van der Waals surface area contributed by atoms with Crippen LogP contribution < -0.4 is 10.1 Å². The zero-order valence-electron chi connectivity index (χ0n) is 15.5. The van der Waals surface area contributed by atoms with E-state index in [1.165, 1.54) is 7.11 Å². The van der Waals surface area contributed by atoms with E-state index in [0.717, 1.165) is 40.8 Å². The van der Waals surface area contributed by atoms with E-state index in [1.54, 1.807) is 13.2 Å². The van der Waals surface area contributed by atoms with Crippen molar-refractivity contribution in [2.75, 3.05) is 14.2 Å². The van der Waals surface area contributed by atoms with Gasteiger partial charge in [-0.3, -0.25) is 4.79 Å². The number of benzene rings is 2. The summed E-state index contributed by atoms with van der Waals surface area (Å²) in [7, 11) is 2.99. The largest absolute Gasteiger partial charge is 0.496 e. The number of hydrogen-bond acceptors (Lipinski definition) is 4. The van der Waals surface area contributed by atoms with E-state index < -0.39 is 0 Å². The van der Waals surface area contributed by atoms with Crippen LogP contribution in [0.3, 0.4) is 0 Å². The van der Waals surface area contributed by atoms with Crippen LogP contribution >= 0.6 is 0 Å². The van der Waals surface area contributed by atoms with Crippen LogP contribution in [0, 0.1) is 13.8 Å². The number of amides is 1. The molecule has 1 aliphatic carbocycles. The quantitative estimate of drug-likeness (QED) is 0.854. The van der Waals surface area contributed by atoms with Crippen LogP contribution in [0.25, 0.3) is 0 Å². The number of hydrogen-bond donors (Lipinski definition) is 1. The van der Waals surface area contributed by atoms with Crippen molar-refractivity contribution in [3.05, 3.63) is 63.7 Å². The minimum absolute atomic E-state index is 0.107. The summed E-state index contributed by atoms with van der Waals surface area (Å²) >= 11 is 0. The van der Waals surface area contributed by atoms with Crippen molar-refractivity contribution in [2.24, 2.45) is 0 Å². The number of aryl methyl sites for hydroxylation is 3. The molecule has 0 radical (unpaired) electrons. The molecule has 26 heavy (non-hydrogen) atoms. The zero-order valence-corrected chi connectivity index (χ0v) is 15.5. The van der Waals surface area contributed by atoms with E-state index in [9.17, 15) is 9.59 Å². The lowest BCUT2D eigenvalue weighted by atomic mass is 10.0. The molecule has 1 atom stereocenters. The van der Waals surface area contributed by atoms with Gasteiger partial charge in [0.1, 0.15) is 5.75 Å². The fourth-order valence-corrected chi connectivity index (χ4v) is 3.49. The van der Waals surface area contributed by atoms with Crippen LogP contribution in [0.1, 0.15) is 55.4 Å². The van der Waals surface area contributed by atoms with Gasteiger partial charge in [-0.25, -0.2) is 4.79 Å². The third-order valence-electron chi connectivity index (χ3n) is 4.94. The highest BCUT2D eigenvalue weighted by Gasteiger charge is 2.26. The molecule has 136 valence electrons. The Bertz CT molecular complexity index is 873. The predicted octanol–water partition coefficient (Wildman–Crippen LogP) is 3.52. The van der Waals surface area contributed by atoms with E-state index in [-0.39, 0.29) is 17.9 Å². The van der Waals surface area contributed by atoms with E-state index in [1.807, 2.05) is 38.1 Å². The number of methoxy groups -OCH3 is 2. The van der Waals surface area contributed by atoms with Crippen molar-refractivity contribution in [2.45, 2.75) is 32.7 Å². The van der Waals surface area contributed by atoms with E-state index >= 15 is 0 Å². The predicted molar refractivity (Wildman–Crippen MR) is 98.8 cm³/mol. The van der Waals surface area contributed by atoms with Crippen molar-refractivity contribution in [3.63, 3.8) is 0 Å². The lowest BCUT2D eigenvalue weighted by Crippen LogP contribution is -2.28. The Morgan fingerprint density at radius 2 is 1.85 bits per heavy atom. The van der Waals surface area contributed by atoms with Crippen molar-refractivity contribution in [1.29, 1.82) is 0 Å². The van der Waals surface area contributed by atoms with Gasteiger partial charge in [-0.15, -0.1) is 0 Å². The fraction of sp³-hybridized carbons (Fsp3) is 0.333. The Balaban J connectivity index is 1.85. The standard InChI is InChI=1S/C21H23NO4/c1-12-10-19(25-3)13(2)9-16(12)20(23)22-18-8-7-14-5-6-15(11-17(14)18)21(24)26-4/h5-6,9-11,18H,7-8H2,1-4H3,(H,22,23)/t18-/m1/s1. The first kappa shape index (κ1) is 18.0. The Morgan fingerprint density at radius 1 is 1.08 bits per heavy atom. The van der Waals surface area contributed by atoms with Crippen LogP contribution in [0.5, 0.6) is 5.75 Å². The van der Waals surface area contributed by atoms with E-state index in [0.29, 0.717) is 11.1 Å². The molecule has 0 saturated heterocycles. The number of ether oxygens (including phenoxy) is 2. The average molecular weight is 353 g/mol. The molecule has 5 heteroatoms. The molecule has 0 fully saturated rings. The number of rotatable bonds is 4. The highest BCUT2D eigenvalue weighted by atomic mass is 16.5. The number of carbonyl (C=O) groups is 2. The molecule has 2 aromatic rings. The molecule has 2 aromatic carbocycles. The second-order valence-electron chi connectivity index (χ2n) is 6.61. The molecule has 1 amide bonds. The highest BCUT2D eigenvalue weighted by Crippen LogP contribution is 2.32. The second kappa shape index (κ2) is 7.20. The first-order valence-electron chi connectivity index (χ1n) is 8.61. The molecule has 0 bridgehead atoms. The molecule has 0 heterocycles. The Hall–Kier alpha value is -2.82. The van der Waals surface area contributed by atoms with Gasteiger partial charge in [0.25, 0.3) is 5.91 Å². The molecule has 1 N–H and O–H groups in total. The third-order valence-corrected chi connectivity index (χ3v) is 4.94. The summed E-state index contributed by atoms with van der Waals surface area (Å²) < 4.78 is 10.1. The van der Waals surface area contributed by atoms with Gasteiger partial charge in [0, 0.05) is 5.56 Å². The summed E-state index contributed by atoms with van der Waals surface area (Å²) in [6, 6.07) is 9.16. The van der Waals surface area contributed by atoms with Crippen LogP contribution in [0.4, 0.5) is 0 Å². The lowest BCUT2D eigenvalue weighted by molar-refractivity contribution is 0.0600. The second-order valence-corrected chi connectivity index (χ2v) is 6.61. The molecule has 1 aliphatic rings. The zero-order chi connectivity index (χ0) is 18.8. The number of carbonyl (C=O) groups excluding carboxylic acids is 2. The summed E-state index contributed by atoms with van der Waals surface area (Å²) in [5, 5.41) is 3.11. The maximum atomic E-state index is 12.8. The van der Waals surface area contributed by atoms with Crippen molar-refractivity contribution < 1.29 is 19.1 Å². The monoisotopic (exact) mass is 353 g/mol. The van der Waals surface area contributed by atoms with Crippen LogP contribution in [0.15, 0.2) is 30.3 Å². The molecule has 3 rings (SSSR count). The maximum Gasteiger partial charge on any atom is 0.337 e. The van der Waals surface area contributed by atoms with Gasteiger partial charge in [0.2, 0.25) is 0 Å².